The van der Waals surface area contributed by atoms with Gasteiger partial charge in [-0.2, -0.15) is 0 Å². The number of aryl methyl sites for hydroxylation is 1. The molecule has 1 aliphatic rings. The molecule has 23 heavy (non-hydrogen) atoms. The molecule has 1 fully saturated rings. The molecule has 0 aromatic heterocycles. The fraction of sp³-hybridized carbons (Fsp3) is 0.579. The van der Waals surface area contributed by atoms with Gasteiger partial charge in [-0.25, -0.2) is 0 Å². The number of anilines is 1. The molecule has 0 unspecified atom stereocenters. The second-order valence-corrected chi connectivity index (χ2v) is 6.55. The summed E-state index contributed by atoms with van der Waals surface area (Å²) in [6.45, 7) is 2.18. The third kappa shape index (κ3) is 4.57. The standard InChI is InChI=1S/C19H27NO3/c1-3-4-5-14-6-12-17(13-7-14)20(2)18(21)15-8-10-16(11-9-15)19(22)23/h6-7,12-13,15-16H,3-5,8-11H2,1-2H3,(H,22,23). The summed E-state index contributed by atoms with van der Waals surface area (Å²) >= 11 is 0. The normalized spacial score (nSPS) is 21.0. The minimum absolute atomic E-state index is 0.0460. The number of carboxylic acid groups (broad SMARTS) is 1. The summed E-state index contributed by atoms with van der Waals surface area (Å²) in [5.41, 5.74) is 2.22. The third-order valence-corrected chi connectivity index (χ3v) is 4.90. The van der Waals surface area contributed by atoms with Crippen LogP contribution in [0.4, 0.5) is 5.69 Å². The number of amides is 1. The van der Waals surface area contributed by atoms with Crippen molar-refractivity contribution < 1.29 is 14.7 Å². The van der Waals surface area contributed by atoms with E-state index in [1.165, 1.54) is 18.4 Å². The van der Waals surface area contributed by atoms with E-state index in [-0.39, 0.29) is 17.7 Å². The third-order valence-electron chi connectivity index (χ3n) is 4.90. The number of carbonyl (C=O) groups excluding carboxylic acids is 1. The van der Waals surface area contributed by atoms with Crippen molar-refractivity contribution in [2.24, 2.45) is 11.8 Å². The molecule has 0 atom stereocenters. The van der Waals surface area contributed by atoms with Gasteiger partial charge in [0.2, 0.25) is 5.91 Å². The lowest BCUT2D eigenvalue weighted by Gasteiger charge is -2.29. The molecule has 0 radical (unpaired) electrons. The number of rotatable bonds is 6. The van der Waals surface area contributed by atoms with Gasteiger partial charge in [0.15, 0.2) is 0 Å². The predicted octanol–water partition coefficient (Wildman–Crippen LogP) is 3.88. The molecule has 0 heterocycles. The van der Waals surface area contributed by atoms with Crippen molar-refractivity contribution in [2.75, 3.05) is 11.9 Å². The molecule has 1 N–H and O–H groups in total. The number of benzene rings is 1. The smallest absolute Gasteiger partial charge is 0.306 e. The lowest BCUT2D eigenvalue weighted by atomic mass is 9.81. The average Bonchev–Trinajstić information content (AvgIpc) is 2.59. The summed E-state index contributed by atoms with van der Waals surface area (Å²) in [5, 5.41) is 9.04. The summed E-state index contributed by atoms with van der Waals surface area (Å²) in [4.78, 5) is 25.3. The van der Waals surface area contributed by atoms with Crippen molar-refractivity contribution in [1.82, 2.24) is 0 Å². The molecule has 2 rings (SSSR count). The highest BCUT2D eigenvalue weighted by Crippen LogP contribution is 2.31. The van der Waals surface area contributed by atoms with Crippen LogP contribution in [0.3, 0.4) is 0 Å². The quantitative estimate of drug-likeness (QED) is 0.866. The van der Waals surface area contributed by atoms with E-state index < -0.39 is 5.97 Å². The van der Waals surface area contributed by atoms with Crippen LogP contribution >= 0.6 is 0 Å². The molecular formula is C19H27NO3. The van der Waals surface area contributed by atoms with Gasteiger partial charge in [-0.1, -0.05) is 25.5 Å². The number of unbranched alkanes of at least 4 members (excludes halogenated alkanes) is 1. The Labute approximate surface area is 138 Å². The molecule has 0 saturated heterocycles. The maximum Gasteiger partial charge on any atom is 0.306 e. The minimum Gasteiger partial charge on any atom is -0.481 e. The molecule has 4 nitrogen and oxygen atoms in total. The van der Waals surface area contributed by atoms with Crippen LogP contribution in [-0.4, -0.2) is 24.0 Å². The van der Waals surface area contributed by atoms with Gasteiger partial charge in [0.25, 0.3) is 0 Å². The second-order valence-electron chi connectivity index (χ2n) is 6.55. The highest BCUT2D eigenvalue weighted by Gasteiger charge is 2.31. The lowest BCUT2D eigenvalue weighted by molar-refractivity contribution is -0.143. The predicted molar refractivity (Wildman–Crippen MR) is 91.5 cm³/mol. The Bertz CT molecular complexity index is 530. The first-order chi connectivity index (χ1) is 11.0. The molecule has 0 bridgehead atoms. The van der Waals surface area contributed by atoms with Crippen molar-refractivity contribution in [1.29, 1.82) is 0 Å². The molecule has 0 spiro atoms. The van der Waals surface area contributed by atoms with Gasteiger partial charge in [0.1, 0.15) is 0 Å². The first kappa shape index (κ1) is 17.5. The maximum absolute atomic E-state index is 12.6. The van der Waals surface area contributed by atoms with Gasteiger partial charge < -0.3 is 10.0 Å². The van der Waals surface area contributed by atoms with Gasteiger partial charge in [-0.3, -0.25) is 9.59 Å². The van der Waals surface area contributed by atoms with Gasteiger partial charge in [-0.05, 0) is 56.2 Å². The number of carboxylic acids is 1. The van der Waals surface area contributed by atoms with E-state index in [1.54, 1.807) is 4.90 Å². The Balaban J connectivity index is 1.93. The topological polar surface area (TPSA) is 57.6 Å². The zero-order valence-electron chi connectivity index (χ0n) is 14.1. The van der Waals surface area contributed by atoms with Crippen LogP contribution < -0.4 is 4.90 Å². The van der Waals surface area contributed by atoms with Crippen molar-refractivity contribution in [2.45, 2.75) is 51.9 Å². The fourth-order valence-corrected chi connectivity index (χ4v) is 3.26. The number of hydrogen-bond donors (Lipinski definition) is 1. The van der Waals surface area contributed by atoms with Gasteiger partial charge in [-0.15, -0.1) is 0 Å². The van der Waals surface area contributed by atoms with Crippen molar-refractivity contribution in [3.8, 4) is 0 Å². The summed E-state index contributed by atoms with van der Waals surface area (Å²) in [5.74, 6) is -0.945. The highest BCUT2D eigenvalue weighted by atomic mass is 16.4. The van der Waals surface area contributed by atoms with E-state index in [9.17, 15) is 9.59 Å². The minimum atomic E-state index is -0.730. The van der Waals surface area contributed by atoms with Crippen molar-refractivity contribution in [3.05, 3.63) is 29.8 Å². The van der Waals surface area contributed by atoms with Crippen LogP contribution in [0.1, 0.15) is 51.0 Å². The van der Waals surface area contributed by atoms with E-state index in [0.29, 0.717) is 25.7 Å². The van der Waals surface area contributed by atoms with Crippen molar-refractivity contribution in [3.63, 3.8) is 0 Å². The maximum atomic E-state index is 12.6. The molecule has 1 aromatic rings. The Hall–Kier alpha value is -1.84. The monoisotopic (exact) mass is 317 g/mol. The van der Waals surface area contributed by atoms with Crippen LogP contribution in [0.25, 0.3) is 0 Å². The van der Waals surface area contributed by atoms with E-state index in [2.05, 4.69) is 19.1 Å². The van der Waals surface area contributed by atoms with Crippen LogP contribution in [0.2, 0.25) is 0 Å². The first-order valence-corrected chi connectivity index (χ1v) is 8.62. The number of nitrogens with zero attached hydrogens (tertiary/aromatic N) is 1. The fourth-order valence-electron chi connectivity index (χ4n) is 3.26. The number of carbonyl (C=O) groups is 2. The summed E-state index contributed by atoms with van der Waals surface area (Å²) in [6.07, 6.45) is 6.00. The Morgan fingerprint density at radius 3 is 2.17 bits per heavy atom. The summed E-state index contributed by atoms with van der Waals surface area (Å²) in [6, 6.07) is 8.20. The molecule has 126 valence electrons. The molecule has 1 amide bonds. The van der Waals surface area contributed by atoms with Crippen molar-refractivity contribution >= 4 is 17.6 Å². The second kappa shape index (κ2) is 8.14. The molecule has 4 heteroatoms. The Morgan fingerprint density at radius 1 is 1.09 bits per heavy atom. The van der Waals surface area contributed by atoms with Crippen LogP contribution in [-0.2, 0) is 16.0 Å². The molecule has 1 aliphatic carbocycles. The van der Waals surface area contributed by atoms with E-state index in [1.807, 2.05) is 19.2 Å². The summed E-state index contributed by atoms with van der Waals surface area (Å²) in [7, 11) is 1.81. The Kier molecular flexibility index (Phi) is 6.20. The van der Waals surface area contributed by atoms with E-state index in [0.717, 1.165) is 12.1 Å². The average molecular weight is 317 g/mol. The van der Waals surface area contributed by atoms with Crippen LogP contribution in [0.5, 0.6) is 0 Å². The van der Waals surface area contributed by atoms with E-state index >= 15 is 0 Å². The molecule has 1 aromatic carbocycles. The molecular weight excluding hydrogens is 290 g/mol. The van der Waals surface area contributed by atoms with Gasteiger partial charge in [0.05, 0.1) is 5.92 Å². The molecule has 0 aliphatic heterocycles. The molecule has 1 saturated carbocycles. The van der Waals surface area contributed by atoms with Crippen LogP contribution in [0, 0.1) is 11.8 Å². The lowest BCUT2D eigenvalue weighted by Crippen LogP contribution is -2.35. The highest BCUT2D eigenvalue weighted by molar-refractivity contribution is 5.94. The zero-order chi connectivity index (χ0) is 16.8. The van der Waals surface area contributed by atoms with Gasteiger partial charge in [0, 0.05) is 18.7 Å². The number of hydrogen-bond acceptors (Lipinski definition) is 2. The summed E-state index contributed by atoms with van der Waals surface area (Å²) < 4.78 is 0. The zero-order valence-corrected chi connectivity index (χ0v) is 14.1. The Morgan fingerprint density at radius 2 is 1.65 bits per heavy atom. The SMILES string of the molecule is CCCCc1ccc(N(C)C(=O)C2CCC(C(=O)O)CC2)cc1. The largest absolute Gasteiger partial charge is 0.481 e. The van der Waals surface area contributed by atoms with E-state index in [4.69, 9.17) is 5.11 Å². The first-order valence-electron chi connectivity index (χ1n) is 8.62. The van der Waals surface area contributed by atoms with Crippen LogP contribution in [0.15, 0.2) is 24.3 Å². The van der Waals surface area contributed by atoms with Gasteiger partial charge >= 0.3 is 5.97 Å². The number of aliphatic carboxylic acids is 1.